The maximum absolute atomic E-state index is 9.76. The molecule has 2 N–H and O–H groups in total. The van der Waals surface area contributed by atoms with Gasteiger partial charge in [0.05, 0.1) is 17.4 Å². The number of likely N-dealkylation sites (N-methyl/N-ethyl adjacent to an activating group) is 1. The molecule has 0 amide bonds. The minimum Gasteiger partial charge on any atom is -0.473 e. The average Bonchev–Trinajstić information content (AvgIpc) is 2.95. The summed E-state index contributed by atoms with van der Waals surface area (Å²) in [5.41, 5.74) is 4.73. The zero-order valence-electron chi connectivity index (χ0n) is 16.0. The van der Waals surface area contributed by atoms with Gasteiger partial charge in [0.15, 0.2) is 0 Å². The van der Waals surface area contributed by atoms with E-state index in [2.05, 4.69) is 39.7 Å². The van der Waals surface area contributed by atoms with E-state index in [0.29, 0.717) is 23.4 Å². The van der Waals surface area contributed by atoms with Crippen LogP contribution in [0.2, 0.25) is 0 Å². The summed E-state index contributed by atoms with van der Waals surface area (Å²) in [7, 11) is 2.11. The Morgan fingerprint density at radius 3 is 3.04 bits per heavy atom. The lowest BCUT2D eigenvalue weighted by molar-refractivity contribution is 0.234. The molecule has 1 fully saturated rings. The normalized spacial score (nSPS) is 20.8. The van der Waals surface area contributed by atoms with Crippen LogP contribution in [0.3, 0.4) is 0 Å². The molecule has 0 bridgehead atoms. The fourth-order valence-electron chi connectivity index (χ4n) is 4.24. The highest BCUT2D eigenvalue weighted by atomic mass is 16.5. The Kier molecular flexibility index (Phi) is 4.63. The van der Waals surface area contributed by atoms with Gasteiger partial charge < -0.3 is 20.3 Å². The second-order valence-electron chi connectivity index (χ2n) is 7.50. The van der Waals surface area contributed by atoms with Crippen LogP contribution in [0.5, 0.6) is 5.88 Å². The van der Waals surface area contributed by atoms with Crippen LogP contribution >= 0.6 is 0 Å². The first-order valence-corrected chi connectivity index (χ1v) is 9.48. The third-order valence-corrected chi connectivity index (χ3v) is 5.35. The number of nitriles is 1. The number of nitrogens with one attached hydrogen (secondary N) is 2. The Hall–Kier alpha value is -2.78. The summed E-state index contributed by atoms with van der Waals surface area (Å²) in [5.74, 6) is 0.980. The van der Waals surface area contributed by atoms with Crippen LogP contribution in [0.4, 0.5) is 17.1 Å². The highest BCUT2D eigenvalue weighted by Gasteiger charge is 2.39. The fourth-order valence-corrected chi connectivity index (χ4v) is 4.24. The zero-order valence-corrected chi connectivity index (χ0v) is 16.0. The Labute approximate surface area is 160 Å². The van der Waals surface area contributed by atoms with E-state index in [4.69, 9.17) is 4.74 Å². The van der Waals surface area contributed by atoms with E-state index in [0.717, 1.165) is 36.6 Å². The summed E-state index contributed by atoms with van der Waals surface area (Å²) in [6.07, 6.45) is 2.86. The number of hydrogen-bond acceptors (Lipinski definition) is 6. The summed E-state index contributed by atoms with van der Waals surface area (Å²) in [4.78, 5) is 6.63. The van der Waals surface area contributed by atoms with Gasteiger partial charge in [0, 0.05) is 37.4 Å². The smallest absolute Gasteiger partial charge is 0.237 e. The van der Waals surface area contributed by atoms with Crippen LogP contribution in [0, 0.1) is 11.3 Å². The van der Waals surface area contributed by atoms with Crippen LogP contribution in [0.1, 0.15) is 37.3 Å². The van der Waals surface area contributed by atoms with E-state index in [9.17, 15) is 5.26 Å². The van der Waals surface area contributed by atoms with E-state index >= 15 is 0 Å². The van der Waals surface area contributed by atoms with Gasteiger partial charge in [-0.2, -0.15) is 5.26 Å². The van der Waals surface area contributed by atoms with Crippen LogP contribution in [0.15, 0.2) is 30.5 Å². The molecule has 140 valence electrons. The topological polar surface area (TPSA) is 73.2 Å². The molecule has 0 radical (unpaired) electrons. The van der Waals surface area contributed by atoms with Crippen molar-refractivity contribution in [2.75, 3.05) is 30.4 Å². The van der Waals surface area contributed by atoms with Crippen LogP contribution in [-0.4, -0.2) is 37.3 Å². The van der Waals surface area contributed by atoms with Crippen molar-refractivity contribution in [2.24, 2.45) is 0 Å². The lowest BCUT2D eigenvalue weighted by Crippen LogP contribution is -2.42. The van der Waals surface area contributed by atoms with Crippen molar-refractivity contribution < 1.29 is 4.74 Å². The molecule has 0 spiro atoms. The number of piperidine rings is 1. The van der Waals surface area contributed by atoms with Crippen molar-refractivity contribution in [3.8, 4) is 11.9 Å². The summed E-state index contributed by atoms with van der Waals surface area (Å²) in [6, 6.07) is 10.8. The minimum atomic E-state index is 0.0397. The molecule has 2 aromatic rings. The molecule has 4 rings (SSSR count). The van der Waals surface area contributed by atoms with Gasteiger partial charge in [-0.1, -0.05) is 0 Å². The number of ether oxygens (including phenoxy) is 1. The molecule has 1 aromatic carbocycles. The minimum absolute atomic E-state index is 0.0397. The molecule has 0 saturated carbocycles. The number of fused-ring (bicyclic) bond motifs is 3. The second kappa shape index (κ2) is 7.09. The molecule has 1 saturated heterocycles. The highest BCUT2D eigenvalue weighted by molar-refractivity contribution is 5.77. The molecule has 6 nitrogen and oxygen atoms in total. The Morgan fingerprint density at radius 1 is 1.41 bits per heavy atom. The molecule has 2 atom stereocenters. The summed E-state index contributed by atoms with van der Waals surface area (Å²) in [6.45, 7) is 5.93. The third-order valence-electron chi connectivity index (χ3n) is 5.35. The summed E-state index contributed by atoms with van der Waals surface area (Å²) in [5, 5.41) is 16.7. The molecule has 0 aliphatic carbocycles. The van der Waals surface area contributed by atoms with Crippen molar-refractivity contribution >= 4 is 17.1 Å². The van der Waals surface area contributed by atoms with Gasteiger partial charge in [-0.3, -0.25) is 0 Å². The molecule has 27 heavy (non-hydrogen) atoms. The molecular weight excluding hydrogens is 338 g/mol. The summed E-state index contributed by atoms with van der Waals surface area (Å²) >= 11 is 0. The van der Waals surface area contributed by atoms with Gasteiger partial charge >= 0.3 is 0 Å². The Morgan fingerprint density at radius 2 is 2.26 bits per heavy atom. The zero-order chi connectivity index (χ0) is 19.0. The van der Waals surface area contributed by atoms with Crippen LogP contribution in [0.25, 0.3) is 0 Å². The van der Waals surface area contributed by atoms with E-state index in [1.54, 1.807) is 6.20 Å². The second-order valence-corrected chi connectivity index (χ2v) is 7.50. The SMILES string of the molecule is CC(C)Oc1ncccc1Nc1cc(C#N)c2c(c1)[C@@H]1CNCC[C@@H]1N2C. The molecule has 3 heterocycles. The van der Waals surface area contributed by atoms with Crippen molar-refractivity contribution in [3.05, 3.63) is 41.6 Å². The van der Waals surface area contributed by atoms with E-state index in [1.165, 1.54) is 5.56 Å². The molecule has 2 aliphatic heterocycles. The molecule has 2 aliphatic rings. The first-order valence-electron chi connectivity index (χ1n) is 9.48. The van der Waals surface area contributed by atoms with Gasteiger partial charge in [-0.25, -0.2) is 4.98 Å². The molecule has 1 aromatic heterocycles. The van der Waals surface area contributed by atoms with E-state index in [1.807, 2.05) is 32.0 Å². The monoisotopic (exact) mass is 363 g/mol. The van der Waals surface area contributed by atoms with Crippen LogP contribution < -0.4 is 20.3 Å². The van der Waals surface area contributed by atoms with Gasteiger partial charge in [-0.05, 0) is 56.6 Å². The number of benzene rings is 1. The number of hydrogen-bond donors (Lipinski definition) is 2. The Bertz CT molecular complexity index is 889. The quantitative estimate of drug-likeness (QED) is 0.868. The standard InChI is InChI=1S/C21H25N5O/c1-13(2)27-21-18(5-4-7-24-21)25-15-9-14(11-22)20-16(10-15)17-12-23-8-6-19(17)26(20)3/h4-5,7,9-10,13,17,19,23,25H,6,8,12H2,1-3H3/t17-,19-/m0/s1. The van der Waals surface area contributed by atoms with Crippen LogP contribution in [-0.2, 0) is 0 Å². The average molecular weight is 363 g/mol. The van der Waals surface area contributed by atoms with Crippen molar-refractivity contribution in [2.45, 2.75) is 38.3 Å². The molecule has 6 heteroatoms. The molecule has 0 unspecified atom stereocenters. The first-order chi connectivity index (χ1) is 13.1. The number of pyridine rings is 1. The number of anilines is 3. The van der Waals surface area contributed by atoms with Gasteiger partial charge in [0.25, 0.3) is 0 Å². The maximum atomic E-state index is 9.76. The third kappa shape index (κ3) is 3.19. The summed E-state index contributed by atoms with van der Waals surface area (Å²) < 4.78 is 5.81. The first kappa shape index (κ1) is 17.6. The van der Waals surface area contributed by atoms with Gasteiger partial charge in [0.2, 0.25) is 5.88 Å². The predicted octanol–water partition coefficient (Wildman–Crippen LogP) is 3.38. The van der Waals surface area contributed by atoms with Gasteiger partial charge in [-0.15, -0.1) is 0 Å². The number of aromatic nitrogens is 1. The number of rotatable bonds is 4. The van der Waals surface area contributed by atoms with E-state index < -0.39 is 0 Å². The van der Waals surface area contributed by atoms with Crippen molar-refractivity contribution in [1.29, 1.82) is 5.26 Å². The fraction of sp³-hybridized carbons (Fsp3) is 0.429. The lowest BCUT2D eigenvalue weighted by Gasteiger charge is -2.31. The van der Waals surface area contributed by atoms with E-state index in [-0.39, 0.29) is 6.10 Å². The van der Waals surface area contributed by atoms with Crippen molar-refractivity contribution in [3.63, 3.8) is 0 Å². The van der Waals surface area contributed by atoms with Crippen molar-refractivity contribution in [1.82, 2.24) is 10.3 Å². The Balaban J connectivity index is 1.72. The number of nitrogens with zero attached hydrogens (tertiary/aromatic N) is 3. The predicted molar refractivity (Wildman–Crippen MR) is 107 cm³/mol. The van der Waals surface area contributed by atoms with Gasteiger partial charge in [0.1, 0.15) is 11.8 Å². The largest absolute Gasteiger partial charge is 0.473 e. The molecular formula is C21H25N5O. The lowest BCUT2D eigenvalue weighted by atomic mass is 9.89. The highest BCUT2D eigenvalue weighted by Crippen LogP contribution is 2.46. The maximum Gasteiger partial charge on any atom is 0.237 e.